The molecule has 16 heavy (non-hydrogen) atoms. The van der Waals surface area contributed by atoms with E-state index in [-0.39, 0.29) is 0 Å². The highest BCUT2D eigenvalue weighted by Crippen LogP contribution is 2.37. The van der Waals surface area contributed by atoms with E-state index in [1.807, 2.05) is 0 Å². The summed E-state index contributed by atoms with van der Waals surface area (Å²) in [7, 11) is 0. The second-order valence-corrected chi connectivity index (χ2v) is 6.74. The van der Waals surface area contributed by atoms with Crippen LogP contribution in [0.3, 0.4) is 0 Å². The predicted octanol–water partition coefficient (Wildman–Crippen LogP) is 3.55. The van der Waals surface area contributed by atoms with Crippen molar-refractivity contribution in [2.24, 2.45) is 11.3 Å². The van der Waals surface area contributed by atoms with Crippen LogP contribution in [-0.4, -0.2) is 9.38 Å². The van der Waals surface area contributed by atoms with E-state index in [0.29, 0.717) is 5.41 Å². The van der Waals surface area contributed by atoms with Gasteiger partial charge in [0.2, 0.25) is 0 Å². The van der Waals surface area contributed by atoms with Gasteiger partial charge in [-0.1, -0.05) is 20.8 Å². The molecule has 0 N–H and O–H groups in total. The molecule has 0 saturated carbocycles. The third-order valence-electron chi connectivity index (χ3n) is 3.84. The van der Waals surface area contributed by atoms with Crippen LogP contribution in [-0.2, 0) is 12.8 Å². The van der Waals surface area contributed by atoms with Crippen LogP contribution in [0.25, 0.3) is 4.96 Å². The van der Waals surface area contributed by atoms with Crippen LogP contribution in [0.1, 0.15) is 38.6 Å². The smallest absolute Gasteiger partial charge is 0.194 e. The van der Waals surface area contributed by atoms with E-state index in [1.54, 1.807) is 11.3 Å². The molecule has 86 valence electrons. The van der Waals surface area contributed by atoms with Crippen molar-refractivity contribution in [3.8, 4) is 0 Å². The fourth-order valence-electron chi connectivity index (χ4n) is 2.68. The lowest BCUT2D eigenvalue weighted by Gasteiger charge is -2.33. The minimum absolute atomic E-state index is 0.415. The van der Waals surface area contributed by atoms with E-state index in [0.717, 1.165) is 12.3 Å². The van der Waals surface area contributed by atoms with Gasteiger partial charge in [0.25, 0.3) is 0 Å². The van der Waals surface area contributed by atoms with Gasteiger partial charge in [-0.05, 0) is 30.6 Å². The molecule has 0 bridgehead atoms. The summed E-state index contributed by atoms with van der Waals surface area (Å²) in [6.45, 7) is 7.07. The average Bonchev–Trinajstić information content (AvgIpc) is 2.74. The summed E-state index contributed by atoms with van der Waals surface area (Å²) in [5, 5.41) is 2.13. The fraction of sp³-hybridized carbons (Fsp3) is 0.615. The van der Waals surface area contributed by atoms with Crippen molar-refractivity contribution in [2.75, 3.05) is 0 Å². The van der Waals surface area contributed by atoms with E-state index >= 15 is 0 Å². The first-order chi connectivity index (χ1) is 7.55. The topological polar surface area (TPSA) is 17.3 Å². The lowest BCUT2D eigenvalue weighted by Crippen LogP contribution is -2.27. The first-order valence-corrected chi connectivity index (χ1v) is 6.87. The van der Waals surface area contributed by atoms with Crippen molar-refractivity contribution < 1.29 is 0 Å². The van der Waals surface area contributed by atoms with Gasteiger partial charge in [-0.25, -0.2) is 4.98 Å². The number of rotatable bonds is 0. The summed E-state index contributed by atoms with van der Waals surface area (Å²) in [5.74, 6) is 0.791. The number of imidazole rings is 1. The molecule has 1 aliphatic rings. The monoisotopic (exact) mass is 234 g/mol. The van der Waals surface area contributed by atoms with Crippen LogP contribution < -0.4 is 0 Å². The molecule has 3 rings (SSSR count). The molecule has 0 amide bonds. The van der Waals surface area contributed by atoms with Crippen molar-refractivity contribution in [3.05, 3.63) is 23.0 Å². The second kappa shape index (κ2) is 3.33. The second-order valence-electron chi connectivity index (χ2n) is 5.87. The summed E-state index contributed by atoms with van der Waals surface area (Å²) in [4.78, 5) is 5.88. The van der Waals surface area contributed by atoms with Crippen molar-refractivity contribution in [1.82, 2.24) is 9.38 Å². The molecule has 0 fully saturated rings. The molecule has 0 spiro atoms. The summed E-state index contributed by atoms with van der Waals surface area (Å²) < 4.78 is 2.29. The molecule has 2 aromatic heterocycles. The van der Waals surface area contributed by atoms with E-state index in [9.17, 15) is 0 Å². The Kier molecular flexibility index (Phi) is 2.15. The predicted molar refractivity (Wildman–Crippen MR) is 68.0 cm³/mol. The van der Waals surface area contributed by atoms with Gasteiger partial charge in [0.05, 0.1) is 5.69 Å². The number of aryl methyl sites for hydroxylation is 1. The van der Waals surface area contributed by atoms with E-state index in [2.05, 4.69) is 36.7 Å². The lowest BCUT2D eigenvalue weighted by molar-refractivity contribution is 0.213. The Bertz CT molecular complexity index is 515. The van der Waals surface area contributed by atoms with Crippen LogP contribution >= 0.6 is 11.3 Å². The maximum Gasteiger partial charge on any atom is 0.194 e. The maximum atomic E-state index is 4.71. The van der Waals surface area contributed by atoms with Crippen LogP contribution in [0.15, 0.2) is 11.6 Å². The van der Waals surface area contributed by atoms with Crippen LogP contribution in [0.5, 0.6) is 0 Å². The van der Waals surface area contributed by atoms with Gasteiger partial charge in [0.1, 0.15) is 0 Å². The molecule has 1 unspecified atom stereocenters. The van der Waals surface area contributed by atoms with Crippen LogP contribution in [0.2, 0.25) is 0 Å². The van der Waals surface area contributed by atoms with Gasteiger partial charge in [0, 0.05) is 17.3 Å². The van der Waals surface area contributed by atoms with Gasteiger partial charge in [-0.15, -0.1) is 11.3 Å². The lowest BCUT2D eigenvalue weighted by atomic mass is 9.73. The molecule has 2 aromatic rings. The van der Waals surface area contributed by atoms with Gasteiger partial charge < -0.3 is 0 Å². The first-order valence-electron chi connectivity index (χ1n) is 5.99. The summed E-state index contributed by atoms with van der Waals surface area (Å²) in [6.07, 6.45) is 5.81. The van der Waals surface area contributed by atoms with Gasteiger partial charge in [-0.2, -0.15) is 0 Å². The molecular weight excluding hydrogens is 216 g/mol. The molecule has 0 aromatic carbocycles. The Morgan fingerprint density at radius 2 is 2.25 bits per heavy atom. The molecule has 0 radical (unpaired) electrons. The Labute approximate surface area is 100 Å². The number of nitrogens with zero attached hydrogens (tertiary/aromatic N) is 2. The average molecular weight is 234 g/mol. The zero-order valence-electron chi connectivity index (χ0n) is 10.2. The quantitative estimate of drug-likeness (QED) is 0.681. The van der Waals surface area contributed by atoms with Crippen molar-refractivity contribution in [2.45, 2.75) is 40.0 Å². The Balaban J connectivity index is 2.03. The number of hydrogen-bond donors (Lipinski definition) is 0. The molecule has 3 heteroatoms. The number of thiazole rings is 1. The van der Waals surface area contributed by atoms with Crippen LogP contribution in [0, 0.1) is 11.3 Å². The highest BCUT2D eigenvalue weighted by Gasteiger charge is 2.31. The normalized spacial score (nSPS) is 21.3. The number of hydrogen-bond acceptors (Lipinski definition) is 2. The Morgan fingerprint density at radius 1 is 1.44 bits per heavy atom. The minimum atomic E-state index is 0.415. The summed E-state index contributed by atoms with van der Waals surface area (Å²) >= 11 is 1.74. The zero-order chi connectivity index (χ0) is 11.3. The standard InChI is InChI=1S/C13H18N2S/c1-13(2,3)9-4-5-10-11(8-9)15-6-7-16-12(15)14-10/h6-7,9H,4-5,8H2,1-3H3. The molecule has 2 heterocycles. The van der Waals surface area contributed by atoms with Crippen molar-refractivity contribution in [3.63, 3.8) is 0 Å². The fourth-order valence-corrected chi connectivity index (χ4v) is 3.43. The first kappa shape index (κ1) is 10.3. The highest BCUT2D eigenvalue weighted by molar-refractivity contribution is 7.15. The molecule has 2 nitrogen and oxygen atoms in total. The SMILES string of the molecule is CC(C)(C)C1CCc2nc3sccn3c2C1. The molecule has 0 saturated heterocycles. The Hall–Kier alpha value is -0.830. The van der Waals surface area contributed by atoms with Gasteiger partial charge >= 0.3 is 0 Å². The van der Waals surface area contributed by atoms with E-state index in [1.165, 1.54) is 29.2 Å². The van der Waals surface area contributed by atoms with Crippen LogP contribution in [0.4, 0.5) is 0 Å². The largest absolute Gasteiger partial charge is 0.294 e. The number of aromatic nitrogens is 2. The zero-order valence-corrected chi connectivity index (χ0v) is 11.0. The molecular formula is C13H18N2S. The third kappa shape index (κ3) is 1.49. The number of fused-ring (bicyclic) bond motifs is 3. The Morgan fingerprint density at radius 3 is 3.00 bits per heavy atom. The van der Waals surface area contributed by atoms with Gasteiger partial charge in [-0.3, -0.25) is 4.40 Å². The highest BCUT2D eigenvalue weighted by atomic mass is 32.1. The molecule has 1 atom stereocenters. The maximum absolute atomic E-state index is 4.71. The summed E-state index contributed by atoms with van der Waals surface area (Å²) in [6, 6.07) is 0. The van der Waals surface area contributed by atoms with Crippen molar-refractivity contribution >= 4 is 16.3 Å². The molecule has 1 aliphatic carbocycles. The third-order valence-corrected chi connectivity index (χ3v) is 4.59. The summed E-state index contributed by atoms with van der Waals surface area (Å²) in [5.41, 5.74) is 3.22. The van der Waals surface area contributed by atoms with E-state index in [4.69, 9.17) is 4.98 Å². The molecule has 0 aliphatic heterocycles. The van der Waals surface area contributed by atoms with Gasteiger partial charge in [0.15, 0.2) is 4.96 Å². The van der Waals surface area contributed by atoms with E-state index < -0.39 is 0 Å². The van der Waals surface area contributed by atoms with Crippen molar-refractivity contribution in [1.29, 1.82) is 0 Å². The minimum Gasteiger partial charge on any atom is -0.294 e.